The number of alkyl halides is 3. The van der Waals surface area contributed by atoms with Gasteiger partial charge in [-0.3, -0.25) is 19.2 Å². The van der Waals surface area contributed by atoms with Crippen LogP contribution in [0.15, 0.2) is 24.3 Å². The maximum absolute atomic E-state index is 13.3. The highest BCUT2D eigenvalue weighted by Crippen LogP contribution is 2.64. The second-order valence-corrected chi connectivity index (χ2v) is 10.2. The summed E-state index contributed by atoms with van der Waals surface area (Å²) < 4.78 is 46.2. The van der Waals surface area contributed by atoms with Crippen LogP contribution in [0.25, 0.3) is 0 Å². The molecule has 2 saturated heterocycles. The first kappa shape index (κ1) is 26.6. The molecule has 0 spiro atoms. The first-order valence-corrected chi connectivity index (χ1v) is 11.9. The van der Waals surface area contributed by atoms with Crippen molar-refractivity contribution in [2.45, 2.75) is 45.1 Å². The molecule has 3 fully saturated rings. The topological polar surface area (TPSA) is 140 Å². The van der Waals surface area contributed by atoms with E-state index in [0.29, 0.717) is 19.5 Å². The average Bonchev–Trinajstić information content (AvgIpc) is 3.16. The predicted octanol–water partition coefficient (Wildman–Crippen LogP) is 0.943. The van der Waals surface area contributed by atoms with Crippen LogP contribution in [-0.2, 0) is 19.2 Å². The molecule has 0 radical (unpaired) electrons. The summed E-state index contributed by atoms with van der Waals surface area (Å²) in [6, 6.07) is 2.68. The molecule has 4 rings (SSSR count). The molecule has 1 aliphatic carbocycles. The molecule has 4 amide bonds. The second-order valence-electron chi connectivity index (χ2n) is 10.2. The molecule has 0 unspecified atom stereocenters. The Balaban J connectivity index is 1.39. The van der Waals surface area contributed by atoms with Crippen LogP contribution in [0.3, 0.4) is 0 Å². The summed E-state index contributed by atoms with van der Waals surface area (Å²) in [4.78, 5) is 51.7. The molecular weight excluding hydrogens is 497 g/mol. The van der Waals surface area contributed by atoms with E-state index in [1.807, 2.05) is 13.8 Å². The number of amides is 4. The van der Waals surface area contributed by atoms with Gasteiger partial charge >= 0.3 is 6.36 Å². The molecule has 1 aromatic rings. The highest BCUT2D eigenvalue weighted by molar-refractivity contribution is 5.93. The molecular formula is C24H29F3N4O6. The van der Waals surface area contributed by atoms with Gasteiger partial charge in [-0.15, -0.1) is 13.2 Å². The Hall–Kier alpha value is -3.51. The fourth-order valence-corrected chi connectivity index (χ4v) is 5.47. The Morgan fingerprint density at radius 3 is 2.43 bits per heavy atom. The van der Waals surface area contributed by atoms with E-state index >= 15 is 0 Å². The largest absolute Gasteiger partial charge is 0.573 e. The van der Waals surface area contributed by atoms with Crippen molar-refractivity contribution < 1.29 is 41.8 Å². The molecule has 0 aromatic heterocycles. The number of rotatable bonds is 9. The van der Waals surface area contributed by atoms with Gasteiger partial charge in [-0.05, 0) is 54.4 Å². The minimum Gasteiger partial charge on any atom is -0.484 e. The van der Waals surface area contributed by atoms with Gasteiger partial charge in [0.05, 0.1) is 0 Å². The third-order valence-corrected chi connectivity index (χ3v) is 7.56. The van der Waals surface area contributed by atoms with Crippen molar-refractivity contribution in [2.75, 3.05) is 19.7 Å². The van der Waals surface area contributed by atoms with E-state index in [0.717, 1.165) is 12.1 Å². The van der Waals surface area contributed by atoms with Crippen LogP contribution in [0.2, 0.25) is 0 Å². The van der Waals surface area contributed by atoms with Gasteiger partial charge in [-0.1, -0.05) is 13.8 Å². The van der Waals surface area contributed by atoms with Crippen molar-refractivity contribution in [3.63, 3.8) is 0 Å². The molecule has 2 heterocycles. The Kier molecular flexibility index (Phi) is 6.99. The highest BCUT2D eigenvalue weighted by Gasteiger charge is 2.69. The zero-order valence-corrected chi connectivity index (χ0v) is 20.3. The van der Waals surface area contributed by atoms with Gasteiger partial charge in [0.2, 0.25) is 17.7 Å². The zero-order chi connectivity index (χ0) is 27.1. The minimum atomic E-state index is -4.82. The maximum Gasteiger partial charge on any atom is 0.573 e. The molecule has 0 bridgehead atoms. The van der Waals surface area contributed by atoms with Gasteiger partial charge in [0, 0.05) is 19.0 Å². The second kappa shape index (κ2) is 9.75. The van der Waals surface area contributed by atoms with Crippen molar-refractivity contribution >= 4 is 23.6 Å². The predicted molar refractivity (Wildman–Crippen MR) is 122 cm³/mol. The first-order valence-electron chi connectivity index (χ1n) is 11.9. The highest BCUT2D eigenvalue weighted by atomic mass is 19.4. The average molecular weight is 527 g/mol. The fraction of sp³-hybridized carbons (Fsp3) is 0.583. The number of carbonyl (C=O) groups excluding carboxylic acids is 4. The van der Waals surface area contributed by atoms with E-state index in [-0.39, 0.29) is 35.3 Å². The lowest BCUT2D eigenvalue weighted by molar-refractivity contribution is -0.274. The number of primary amides is 1. The lowest BCUT2D eigenvalue weighted by atomic mass is 9.96. The van der Waals surface area contributed by atoms with Crippen LogP contribution in [0.4, 0.5) is 13.2 Å². The van der Waals surface area contributed by atoms with Crippen molar-refractivity contribution in [2.24, 2.45) is 28.9 Å². The summed E-state index contributed by atoms with van der Waals surface area (Å²) >= 11 is 0. The summed E-state index contributed by atoms with van der Waals surface area (Å²) in [7, 11) is 0. The summed E-state index contributed by atoms with van der Waals surface area (Å²) in [6.45, 7) is 4.37. The molecule has 3 aliphatic rings. The molecule has 4 N–H and O–H groups in total. The van der Waals surface area contributed by atoms with E-state index in [1.54, 1.807) is 0 Å². The monoisotopic (exact) mass is 526 g/mol. The van der Waals surface area contributed by atoms with Crippen LogP contribution in [0.5, 0.6) is 11.5 Å². The first-order chi connectivity index (χ1) is 17.3. The number of nitrogens with two attached hydrogens (primary N) is 1. The minimum absolute atomic E-state index is 0.0716. The SMILES string of the molecule is CC1(C)[C@@H]2[C@@H](C(=O)N[C@@H](C[C@@H]3CCNC3=O)C(N)=O)N(C(=O)COc3ccc(OC(F)(F)F)cc3)C[C@@H]21. The van der Waals surface area contributed by atoms with Crippen LogP contribution in [0.1, 0.15) is 26.7 Å². The van der Waals surface area contributed by atoms with Crippen LogP contribution in [0, 0.1) is 23.2 Å². The summed E-state index contributed by atoms with van der Waals surface area (Å²) in [5, 5.41) is 5.33. The standard InChI is InChI=1S/C24H29F3N4O6/c1-23(2)15-10-31(17(32)11-36-13-3-5-14(6-4-13)37-24(25,26)27)19(18(15)23)22(35)30-16(20(28)33)9-12-7-8-29-21(12)34/h3-6,12,15-16,18-19H,7-11H2,1-2H3,(H2,28,33)(H,29,34)(H,30,35)/t12-,15-,16-,18-,19-/m0/s1. The molecule has 2 aliphatic heterocycles. The van der Waals surface area contributed by atoms with Gasteiger partial charge in [-0.25, -0.2) is 0 Å². The number of hydrogen-bond acceptors (Lipinski definition) is 6. The van der Waals surface area contributed by atoms with Crippen molar-refractivity contribution in [3.05, 3.63) is 24.3 Å². The molecule has 1 aromatic carbocycles. The van der Waals surface area contributed by atoms with Crippen LogP contribution >= 0.6 is 0 Å². The number of nitrogens with one attached hydrogen (secondary N) is 2. The van der Waals surface area contributed by atoms with Gasteiger partial charge in [0.25, 0.3) is 5.91 Å². The number of benzene rings is 1. The number of hydrogen-bond donors (Lipinski definition) is 3. The molecule has 13 heteroatoms. The number of ether oxygens (including phenoxy) is 2. The third-order valence-electron chi connectivity index (χ3n) is 7.56. The maximum atomic E-state index is 13.3. The van der Waals surface area contributed by atoms with Crippen molar-refractivity contribution in [1.82, 2.24) is 15.5 Å². The Morgan fingerprint density at radius 2 is 1.86 bits per heavy atom. The van der Waals surface area contributed by atoms with Crippen LogP contribution in [-0.4, -0.2) is 66.7 Å². The number of nitrogens with zero attached hydrogens (tertiary/aromatic N) is 1. The Bertz CT molecular complexity index is 1080. The fourth-order valence-electron chi connectivity index (χ4n) is 5.47. The van der Waals surface area contributed by atoms with E-state index in [4.69, 9.17) is 10.5 Å². The van der Waals surface area contributed by atoms with Crippen molar-refractivity contribution in [3.8, 4) is 11.5 Å². The smallest absolute Gasteiger partial charge is 0.484 e. The van der Waals surface area contributed by atoms with E-state index in [2.05, 4.69) is 15.4 Å². The summed E-state index contributed by atoms with van der Waals surface area (Å²) in [6.07, 6.45) is -4.22. The van der Waals surface area contributed by atoms with Gasteiger partial charge in [0.1, 0.15) is 23.6 Å². The third kappa shape index (κ3) is 5.75. The Labute approximate surface area is 211 Å². The van der Waals surface area contributed by atoms with Gasteiger partial charge in [0.15, 0.2) is 6.61 Å². The summed E-state index contributed by atoms with van der Waals surface area (Å²) in [5.74, 6) is -2.73. The van der Waals surface area contributed by atoms with Gasteiger partial charge in [-0.2, -0.15) is 0 Å². The number of halogens is 3. The van der Waals surface area contributed by atoms with Gasteiger partial charge < -0.3 is 30.7 Å². The number of fused-ring (bicyclic) bond motifs is 1. The molecule has 10 nitrogen and oxygen atoms in total. The normalized spacial score (nSPS) is 26.6. The number of piperidine rings is 1. The molecule has 1 saturated carbocycles. The quantitative estimate of drug-likeness (QED) is 0.438. The molecule has 37 heavy (non-hydrogen) atoms. The zero-order valence-electron chi connectivity index (χ0n) is 20.3. The van der Waals surface area contributed by atoms with Crippen LogP contribution < -0.4 is 25.8 Å². The lowest BCUT2D eigenvalue weighted by Gasteiger charge is -2.31. The summed E-state index contributed by atoms with van der Waals surface area (Å²) in [5.41, 5.74) is 5.32. The van der Waals surface area contributed by atoms with E-state index < -0.39 is 54.4 Å². The lowest BCUT2D eigenvalue weighted by Crippen LogP contribution is -2.55. The number of carbonyl (C=O) groups is 4. The molecule has 5 atom stereocenters. The van der Waals surface area contributed by atoms with E-state index in [1.165, 1.54) is 17.0 Å². The molecule has 202 valence electrons. The number of likely N-dealkylation sites (tertiary alicyclic amines) is 1. The van der Waals surface area contributed by atoms with Crippen molar-refractivity contribution in [1.29, 1.82) is 0 Å². The van der Waals surface area contributed by atoms with E-state index in [9.17, 15) is 32.3 Å². The Morgan fingerprint density at radius 1 is 1.22 bits per heavy atom.